The molecule has 1 saturated heterocycles. The smallest absolute Gasteiger partial charge is 0.412 e. The predicted octanol–water partition coefficient (Wildman–Crippen LogP) is -3.40. The predicted molar refractivity (Wildman–Crippen MR) is 50.2 cm³/mol. The van der Waals surface area contributed by atoms with Gasteiger partial charge in [0.15, 0.2) is 9.84 Å². The van der Waals surface area contributed by atoms with Crippen molar-refractivity contribution in [1.29, 1.82) is 0 Å². The summed E-state index contributed by atoms with van der Waals surface area (Å²) in [5.41, 5.74) is 0. The molecule has 1 fully saturated rings. The van der Waals surface area contributed by atoms with E-state index in [1.165, 1.54) is 0 Å². The Morgan fingerprint density at radius 2 is 2.17 bits per heavy atom. The van der Waals surface area contributed by atoms with Crippen LogP contribution in [-0.4, -0.2) is 30.3 Å². The number of hydrogen-bond acceptors (Lipinski definition) is 4. The minimum Gasteiger partial charge on any atom is -0.412 e. The average molecular weight is 249 g/mol. The van der Waals surface area contributed by atoms with E-state index in [4.69, 9.17) is 0 Å². The summed E-state index contributed by atoms with van der Waals surface area (Å²) in [4.78, 5) is 0. The molecule has 1 atom stereocenters. The molecule has 0 spiro atoms. The van der Waals surface area contributed by atoms with Crippen LogP contribution in [0.15, 0.2) is 0 Å². The van der Waals surface area contributed by atoms with Gasteiger partial charge in [0.05, 0.1) is 11.5 Å². The second-order valence-corrected chi connectivity index (χ2v) is 5.84. The molecule has 12 heavy (non-hydrogen) atoms. The van der Waals surface area contributed by atoms with Crippen molar-refractivity contribution in [1.82, 2.24) is 5.32 Å². The van der Waals surface area contributed by atoms with E-state index < -0.39 is 9.84 Å². The quantitative estimate of drug-likeness (QED) is 0.298. The van der Waals surface area contributed by atoms with Crippen LogP contribution in [0.2, 0.25) is 0 Å². The van der Waals surface area contributed by atoms with Gasteiger partial charge in [0, 0.05) is 6.04 Å². The van der Waals surface area contributed by atoms with E-state index in [1.807, 2.05) is 0 Å². The molecule has 0 aromatic rings. The Bertz CT molecular complexity index is 264. The zero-order valence-corrected chi connectivity index (χ0v) is 12.3. The van der Waals surface area contributed by atoms with Crippen molar-refractivity contribution in [2.24, 2.45) is 0 Å². The summed E-state index contributed by atoms with van der Waals surface area (Å²) in [6.45, 7) is 0. The molecule has 0 aliphatic carbocycles. The van der Waals surface area contributed by atoms with Crippen LogP contribution >= 0.6 is 12.2 Å². The van der Waals surface area contributed by atoms with Crippen LogP contribution in [0.25, 0.3) is 0 Å². The van der Waals surface area contributed by atoms with E-state index in [9.17, 15) is 8.42 Å². The maximum Gasteiger partial charge on any atom is 1.00 e. The van der Waals surface area contributed by atoms with E-state index in [-0.39, 0.29) is 73.3 Å². The molecule has 0 saturated carbocycles. The van der Waals surface area contributed by atoms with Crippen molar-refractivity contribution in [3.05, 3.63) is 0 Å². The largest absolute Gasteiger partial charge is 1.00 e. The first-order chi connectivity index (χ1) is 4.99. The minimum absolute atomic E-state index is 0. The molecule has 0 bridgehead atoms. The normalized spacial score (nSPS) is 25.8. The van der Waals surface area contributed by atoms with E-state index in [0.29, 0.717) is 6.42 Å². The first-order valence-corrected chi connectivity index (χ1v) is 5.81. The van der Waals surface area contributed by atoms with Crippen LogP contribution in [0.4, 0.5) is 0 Å². The summed E-state index contributed by atoms with van der Waals surface area (Å²) < 4.78 is 22.1. The number of rotatable bonds is 1. The van der Waals surface area contributed by atoms with Crippen LogP contribution in [0.5, 0.6) is 0 Å². The molecule has 1 heterocycles. The summed E-state index contributed by atoms with van der Waals surface area (Å²) >= 11 is 9.23. The third-order valence-electron chi connectivity index (χ3n) is 1.55. The molecule has 1 unspecified atom stereocenters. The van der Waals surface area contributed by atoms with Gasteiger partial charge in [-0.1, -0.05) is 4.32 Å². The monoisotopic (exact) mass is 249 g/mol. The van der Waals surface area contributed by atoms with Crippen molar-refractivity contribution >= 4 is 39.0 Å². The van der Waals surface area contributed by atoms with Gasteiger partial charge in [0.1, 0.15) is 0 Å². The maximum absolute atomic E-state index is 10.9. The van der Waals surface area contributed by atoms with Crippen molar-refractivity contribution in [3.8, 4) is 0 Å². The Kier molecular flexibility index (Phi) is 6.33. The topological polar surface area (TPSA) is 46.2 Å². The molecule has 3 nitrogen and oxygen atoms in total. The zero-order chi connectivity index (χ0) is 8.48. The molecular weight excluding hydrogens is 241 g/mol. The summed E-state index contributed by atoms with van der Waals surface area (Å²) in [5.74, 6) is 0.423. The molecule has 0 aromatic carbocycles. The summed E-state index contributed by atoms with van der Waals surface area (Å²) in [6.07, 6.45) is 0.624. The van der Waals surface area contributed by atoms with Gasteiger partial charge in [0.2, 0.25) is 0 Å². The standard InChI is InChI=1S/C5H9NO2S3.K/c7-11(8)2-1-4(3-11)6-5(9)10;/h4H,1-3H2,(H2,6,9,10);/q;+1/p-1. The number of sulfone groups is 1. The molecule has 0 radical (unpaired) electrons. The minimum atomic E-state index is -2.81. The van der Waals surface area contributed by atoms with E-state index in [0.717, 1.165) is 0 Å². The van der Waals surface area contributed by atoms with Crippen molar-refractivity contribution in [2.45, 2.75) is 12.5 Å². The average Bonchev–Trinajstić information content (AvgIpc) is 2.08. The third kappa shape index (κ3) is 4.80. The number of hydrogen-bond donors (Lipinski definition) is 1. The Hall–Kier alpha value is 1.70. The zero-order valence-electron chi connectivity index (χ0n) is 6.74. The summed E-state index contributed by atoms with van der Waals surface area (Å²) in [7, 11) is -2.81. The third-order valence-corrected chi connectivity index (χ3v) is 3.56. The molecule has 1 rings (SSSR count). The SMILES string of the molecule is O=S1(=O)CCC(NC(=S)[S-])C1.[K+]. The van der Waals surface area contributed by atoms with Gasteiger partial charge in [-0.05, 0) is 6.42 Å². The van der Waals surface area contributed by atoms with E-state index in [2.05, 4.69) is 30.2 Å². The van der Waals surface area contributed by atoms with Gasteiger partial charge in [-0.25, -0.2) is 8.42 Å². The Balaban J connectivity index is 0.00000121. The van der Waals surface area contributed by atoms with Crippen molar-refractivity contribution < 1.29 is 59.8 Å². The van der Waals surface area contributed by atoms with Gasteiger partial charge < -0.3 is 30.2 Å². The van der Waals surface area contributed by atoms with Crippen LogP contribution in [-0.2, 0) is 22.5 Å². The molecular formula is C5H8KNO2S3. The Morgan fingerprint density at radius 1 is 1.58 bits per heavy atom. The molecule has 0 amide bonds. The summed E-state index contributed by atoms with van der Waals surface area (Å²) in [6, 6.07) is -0.0509. The Labute approximate surface area is 126 Å². The fourth-order valence-electron chi connectivity index (χ4n) is 1.08. The maximum atomic E-state index is 10.9. The van der Waals surface area contributed by atoms with Crippen LogP contribution < -0.4 is 56.7 Å². The number of nitrogens with one attached hydrogen (secondary N) is 1. The van der Waals surface area contributed by atoms with Crippen LogP contribution in [0, 0.1) is 0 Å². The van der Waals surface area contributed by atoms with Crippen LogP contribution in [0.3, 0.4) is 0 Å². The summed E-state index contributed by atoms with van der Waals surface area (Å²) in [5, 5.41) is 2.76. The fourth-order valence-corrected chi connectivity index (χ4v) is 3.08. The fraction of sp³-hybridized carbons (Fsp3) is 0.800. The number of thiocarbonyl (C=S) groups is 1. The molecule has 1 N–H and O–H groups in total. The first-order valence-electron chi connectivity index (χ1n) is 3.17. The van der Waals surface area contributed by atoms with Gasteiger partial charge in [-0.3, -0.25) is 0 Å². The molecule has 7 heteroatoms. The van der Waals surface area contributed by atoms with E-state index >= 15 is 0 Å². The molecule has 1 aliphatic heterocycles. The van der Waals surface area contributed by atoms with Gasteiger partial charge in [0.25, 0.3) is 0 Å². The second-order valence-electron chi connectivity index (χ2n) is 2.53. The first kappa shape index (κ1) is 13.7. The van der Waals surface area contributed by atoms with Crippen molar-refractivity contribution in [3.63, 3.8) is 0 Å². The molecule has 0 aromatic heterocycles. The van der Waals surface area contributed by atoms with Crippen LogP contribution in [0.1, 0.15) is 6.42 Å². The molecule has 1 aliphatic rings. The van der Waals surface area contributed by atoms with Gasteiger partial charge in [-0.15, -0.1) is 0 Å². The Morgan fingerprint density at radius 3 is 2.50 bits per heavy atom. The molecule has 64 valence electrons. The van der Waals surface area contributed by atoms with Crippen molar-refractivity contribution in [2.75, 3.05) is 11.5 Å². The van der Waals surface area contributed by atoms with E-state index in [1.54, 1.807) is 0 Å². The second kappa shape index (κ2) is 5.55. The van der Waals surface area contributed by atoms with Gasteiger partial charge in [-0.2, -0.15) is 0 Å². The van der Waals surface area contributed by atoms with Gasteiger partial charge >= 0.3 is 51.4 Å².